The molecule has 1 aliphatic heterocycles. The highest BCUT2D eigenvalue weighted by atomic mass is 79.9. The first kappa shape index (κ1) is 24.4. The van der Waals surface area contributed by atoms with E-state index in [0.29, 0.717) is 27.2 Å². The summed E-state index contributed by atoms with van der Waals surface area (Å²) >= 11 is 4.21. The average molecular weight is 529 g/mol. The van der Waals surface area contributed by atoms with E-state index >= 15 is 0 Å². The first-order valence-corrected chi connectivity index (χ1v) is 11.6. The number of anilines is 1. The Balaban J connectivity index is 1.77. The van der Waals surface area contributed by atoms with Crippen molar-refractivity contribution >= 4 is 56.5 Å². The van der Waals surface area contributed by atoms with Crippen LogP contribution in [-0.4, -0.2) is 42.2 Å². The molecule has 2 aromatic rings. The molecule has 1 heterocycles. The Morgan fingerprint density at radius 2 is 2.03 bits per heavy atom. The van der Waals surface area contributed by atoms with Crippen LogP contribution in [0.5, 0.6) is 11.5 Å². The fraction of sp³-hybridized carbons (Fsp3) is 0.208. The number of benzene rings is 2. The molecule has 1 fully saturated rings. The minimum Gasteiger partial charge on any atom is -0.493 e. The van der Waals surface area contributed by atoms with Crippen LogP contribution in [0.15, 0.2) is 45.8 Å². The number of terminal acetylenes is 1. The number of imide groups is 1. The Morgan fingerprint density at radius 1 is 1.27 bits per heavy atom. The summed E-state index contributed by atoms with van der Waals surface area (Å²) in [5.74, 6) is 2.26. The van der Waals surface area contributed by atoms with Crippen LogP contribution < -0.4 is 14.8 Å². The molecule has 33 heavy (non-hydrogen) atoms. The number of nitrogens with zero attached hydrogens (tertiary/aromatic N) is 1. The van der Waals surface area contributed by atoms with E-state index in [1.54, 1.807) is 24.3 Å². The molecule has 0 bridgehead atoms. The van der Waals surface area contributed by atoms with Crippen molar-refractivity contribution in [3.8, 4) is 23.8 Å². The highest BCUT2D eigenvalue weighted by molar-refractivity contribution is 9.10. The fourth-order valence-corrected chi connectivity index (χ4v) is 4.38. The maximum atomic E-state index is 12.8. The molecule has 9 heteroatoms. The molecule has 1 saturated heterocycles. The molecule has 0 saturated carbocycles. The van der Waals surface area contributed by atoms with Gasteiger partial charge in [-0.15, -0.1) is 6.42 Å². The molecule has 0 radical (unpaired) electrons. The first-order chi connectivity index (χ1) is 15.9. The Labute approximate surface area is 204 Å². The van der Waals surface area contributed by atoms with Crippen molar-refractivity contribution in [2.75, 3.05) is 25.6 Å². The standard InChI is InChI=1S/C24H21BrN2O5S/c1-4-10-32-20-13-17(25)16(11-19(20)31-3)12-21-23(29)27(24(30)33-21)14-22(28)26-18-9-7-6-8-15(18)5-2/h1,6-9,11-13H,5,10,14H2,2-3H3,(H,26,28). The topological polar surface area (TPSA) is 84.9 Å². The molecule has 1 N–H and O–H groups in total. The van der Waals surface area contributed by atoms with E-state index in [0.717, 1.165) is 28.6 Å². The minimum atomic E-state index is -0.539. The first-order valence-electron chi connectivity index (χ1n) is 9.94. The van der Waals surface area contributed by atoms with Gasteiger partial charge in [0.15, 0.2) is 11.5 Å². The van der Waals surface area contributed by atoms with Gasteiger partial charge < -0.3 is 14.8 Å². The number of carbonyl (C=O) groups is 3. The van der Waals surface area contributed by atoms with Crippen LogP contribution in [0.25, 0.3) is 6.08 Å². The molecule has 7 nitrogen and oxygen atoms in total. The van der Waals surface area contributed by atoms with Crippen LogP contribution >= 0.6 is 27.7 Å². The van der Waals surface area contributed by atoms with Gasteiger partial charge in [0.25, 0.3) is 11.1 Å². The van der Waals surface area contributed by atoms with E-state index in [1.807, 2.05) is 25.1 Å². The van der Waals surface area contributed by atoms with Gasteiger partial charge in [0.05, 0.1) is 12.0 Å². The van der Waals surface area contributed by atoms with E-state index < -0.39 is 17.1 Å². The Kier molecular flexibility index (Phi) is 8.20. The molecule has 170 valence electrons. The lowest BCUT2D eigenvalue weighted by atomic mass is 10.1. The monoisotopic (exact) mass is 528 g/mol. The average Bonchev–Trinajstić information content (AvgIpc) is 3.06. The zero-order valence-corrected chi connectivity index (χ0v) is 20.4. The Morgan fingerprint density at radius 3 is 2.73 bits per heavy atom. The summed E-state index contributed by atoms with van der Waals surface area (Å²) in [7, 11) is 1.49. The molecule has 3 amide bonds. The Bertz CT molecular complexity index is 1170. The van der Waals surface area contributed by atoms with Crippen LogP contribution in [0, 0.1) is 12.3 Å². The number of carbonyl (C=O) groups excluding carboxylic acids is 3. The highest BCUT2D eigenvalue weighted by Gasteiger charge is 2.36. The molecule has 0 unspecified atom stereocenters. The summed E-state index contributed by atoms with van der Waals surface area (Å²) in [5.41, 5.74) is 2.23. The summed E-state index contributed by atoms with van der Waals surface area (Å²) in [6.07, 6.45) is 7.54. The summed E-state index contributed by atoms with van der Waals surface area (Å²) in [4.78, 5) is 38.9. The molecular weight excluding hydrogens is 508 g/mol. The largest absolute Gasteiger partial charge is 0.493 e. The lowest BCUT2D eigenvalue weighted by Gasteiger charge is -2.14. The number of hydrogen-bond acceptors (Lipinski definition) is 6. The smallest absolute Gasteiger partial charge is 0.294 e. The van der Waals surface area contributed by atoms with E-state index in [9.17, 15) is 14.4 Å². The molecular formula is C24H21BrN2O5S. The maximum absolute atomic E-state index is 12.8. The van der Waals surface area contributed by atoms with E-state index in [2.05, 4.69) is 27.2 Å². The zero-order valence-electron chi connectivity index (χ0n) is 18.0. The van der Waals surface area contributed by atoms with E-state index in [-0.39, 0.29) is 18.1 Å². The van der Waals surface area contributed by atoms with Gasteiger partial charge in [-0.2, -0.15) is 0 Å². The quantitative estimate of drug-likeness (QED) is 0.394. The SMILES string of the molecule is C#CCOc1cc(Br)c(C=C2SC(=O)N(CC(=O)Nc3ccccc3CC)C2=O)cc1OC. The number of aryl methyl sites for hydroxylation is 1. The van der Waals surface area contributed by atoms with Gasteiger partial charge in [-0.25, -0.2) is 0 Å². The van der Waals surface area contributed by atoms with Gasteiger partial charge >= 0.3 is 0 Å². The molecule has 1 aliphatic rings. The second-order valence-electron chi connectivity index (χ2n) is 6.84. The molecule has 0 aliphatic carbocycles. The van der Waals surface area contributed by atoms with Crippen molar-refractivity contribution in [2.24, 2.45) is 0 Å². The van der Waals surface area contributed by atoms with Gasteiger partial charge in [-0.1, -0.05) is 47.0 Å². The van der Waals surface area contributed by atoms with Crippen LogP contribution in [0.3, 0.4) is 0 Å². The predicted molar refractivity (Wildman–Crippen MR) is 132 cm³/mol. The summed E-state index contributed by atoms with van der Waals surface area (Å²) in [5, 5.41) is 2.26. The van der Waals surface area contributed by atoms with Gasteiger partial charge in [-0.3, -0.25) is 19.3 Å². The van der Waals surface area contributed by atoms with Gasteiger partial charge in [0.2, 0.25) is 5.91 Å². The third-order valence-electron chi connectivity index (χ3n) is 4.73. The maximum Gasteiger partial charge on any atom is 0.294 e. The summed E-state index contributed by atoms with van der Waals surface area (Å²) in [6.45, 7) is 1.68. The van der Waals surface area contributed by atoms with Gasteiger partial charge in [0.1, 0.15) is 13.2 Å². The van der Waals surface area contributed by atoms with E-state index in [1.165, 1.54) is 7.11 Å². The number of rotatable bonds is 8. The highest BCUT2D eigenvalue weighted by Crippen LogP contribution is 2.38. The second-order valence-corrected chi connectivity index (χ2v) is 8.69. The van der Waals surface area contributed by atoms with Crippen LogP contribution in [0.1, 0.15) is 18.1 Å². The normalized spacial score (nSPS) is 14.4. The van der Waals surface area contributed by atoms with Crippen molar-refractivity contribution < 1.29 is 23.9 Å². The minimum absolute atomic E-state index is 0.0752. The molecule has 2 aromatic carbocycles. The molecule has 0 aromatic heterocycles. The van der Waals surface area contributed by atoms with Crippen LogP contribution in [0.4, 0.5) is 10.5 Å². The van der Waals surface area contributed by atoms with E-state index in [4.69, 9.17) is 15.9 Å². The number of ether oxygens (including phenoxy) is 2. The van der Waals surface area contributed by atoms with Crippen molar-refractivity contribution in [3.05, 3.63) is 56.9 Å². The molecule has 0 atom stereocenters. The van der Waals surface area contributed by atoms with Crippen molar-refractivity contribution in [1.82, 2.24) is 4.90 Å². The fourth-order valence-electron chi connectivity index (χ4n) is 3.11. The van der Waals surface area contributed by atoms with Crippen molar-refractivity contribution in [2.45, 2.75) is 13.3 Å². The van der Waals surface area contributed by atoms with Crippen LogP contribution in [-0.2, 0) is 16.0 Å². The zero-order chi connectivity index (χ0) is 24.0. The summed E-state index contributed by atoms with van der Waals surface area (Å²) < 4.78 is 11.4. The van der Waals surface area contributed by atoms with Crippen LogP contribution in [0.2, 0.25) is 0 Å². The number of para-hydroxylation sites is 1. The third kappa shape index (κ3) is 5.78. The lowest BCUT2D eigenvalue weighted by Crippen LogP contribution is -2.36. The number of nitrogens with one attached hydrogen (secondary N) is 1. The molecule has 0 spiro atoms. The third-order valence-corrected chi connectivity index (χ3v) is 6.32. The Hall–Kier alpha value is -3.22. The number of hydrogen-bond donors (Lipinski definition) is 1. The predicted octanol–water partition coefficient (Wildman–Crippen LogP) is 4.71. The number of halogens is 1. The second kappa shape index (κ2) is 11.1. The van der Waals surface area contributed by atoms with Gasteiger partial charge in [-0.05, 0) is 53.6 Å². The van der Waals surface area contributed by atoms with Crippen molar-refractivity contribution in [1.29, 1.82) is 0 Å². The molecule has 3 rings (SSSR count). The number of thioether (sulfide) groups is 1. The number of amides is 3. The summed E-state index contributed by atoms with van der Waals surface area (Å²) in [6, 6.07) is 10.7. The lowest BCUT2D eigenvalue weighted by molar-refractivity contribution is -0.127. The van der Waals surface area contributed by atoms with Crippen molar-refractivity contribution in [3.63, 3.8) is 0 Å². The van der Waals surface area contributed by atoms with Gasteiger partial charge in [0, 0.05) is 10.2 Å². The number of methoxy groups -OCH3 is 1.